The van der Waals surface area contributed by atoms with Crippen LogP contribution in [0.4, 0.5) is 17.1 Å². The number of thiophene rings is 1. The average Bonchev–Trinajstić information content (AvgIpc) is 3.62. The van der Waals surface area contributed by atoms with Gasteiger partial charge in [-0.05, 0) is 69.8 Å². The second-order valence-electron chi connectivity index (χ2n) is 12.9. The molecule has 0 spiro atoms. The summed E-state index contributed by atoms with van der Waals surface area (Å²) in [6.45, 7) is 4.72. The molecule has 0 saturated carbocycles. The third-order valence-corrected chi connectivity index (χ3v) is 11.0. The van der Waals surface area contributed by atoms with Gasteiger partial charge in [0.2, 0.25) is 0 Å². The highest BCUT2D eigenvalue weighted by Gasteiger charge is 2.38. The van der Waals surface area contributed by atoms with Crippen LogP contribution in [0.1, 0.15) is 25.0 Å². The lowest BCUT2D eigenvalue weighted by Gasteiger charge is -2.31. The highest BCUT2D eigenvalue weighted by molar-refractivity contribution is 7.25. The molecule has 224 valence electrons. The van der Waals surface area contributed by atoms with Crippen molar-refractivity contribution < 1.29 is 0 Å². The monoisotopic (exact) mass is 619 g/mol. The second-order valence-corrected chi connectivity index (χ2v) is 14.0. The van der Waals surface area contributed by atoms with Crippen LogP contribution < -0.4 is 4.90 Å². The molecule has 1 aliphatic carbocycles. The van der Waals surface area contributed by atoms with Gasteiger partial charge in [-0.25, -0.2) is 0 Å². The van der Waals surface area contributed by atoms with Crippen LogP contribution in [-0.2, 0) is 5.41 Å². The quantitative estimate of drug-likeness (QED) is 0.185. The van der Waals surface area contributed by atoms with Gasteiger partial charge in [0.1, 0.15) is 0 Å². The van der Waals surface area contributed by atoms with Crippen LogP contribution in [0.3, 0.4) is 0 Å². The summed E-state index contributed by atoms with van der Waals surface area (Å²) < 4.78 is 2.63. The summed E-state index contributed by atoms with van der Waals surface area (Å²) in [5, 5.41) is 2.63. The molecular weight excluding hydrogens is 587 g/mol. The average molecular weight is 620 g/mol. The maximum Gasteiger partial charge on any atom is 0.0543 e. The summed E-state index contributed by atoms with van der Waals surface area (Å²) in [4.78, 5) is 2.51. The molecule has 1 aliphatic rings. The van der Waals surface area contributed by atoms with E-state index in [0.29, 0.717) is 0 Å². The molecule has 0 atom stereocenters. The Morgan fingerprint density at radius 3 is 1.98 bits per heavy atom. The summed E-state index contributed by atoms with van der Waals surface area (Å²) in [6, 6.07) is 60.1. The molecule has 0 radical (unpaired) electrons. The maximum absolute atomic E-state index is 2.51. The Hall–Kier alpha value is -5.44. The number of hydrogen-bond donors (Lipinski definition) is 0. The second kappa shape index (κ2) is 10.8. The first-order valence-electron chi connectivity index (χ1n) is 16.3. The summed E-state index contributed by atoms with van der Waals surface area (Å²) >= 11 is 1.87. The van der Waals surface area contributed by atoms with Crippen LogP contribution in [0.5, 0.6) is 0 Å². The van der Waals surface area contributed by atoms with Crippen molar-refractivity contribution >= 4 is 48.6 Å². The molecular formula is C45H33NS. The molecule has 7 aromatic carbocycles. The molecule has 0 aliphatic heterocycles. The first-order chi connectivity index (χ1) is 23.1. The van der Waals surface area contributed by atoms with E-state index in [9.17, 15) is 0 Å². The highest BCUT2D eigenvalue weighted by atomic mass is 32.1. The first kappa shape index (κ1) is 27.8. The van der Waals surface area contributed by atoms with Crippen LogP contribution in [0.2, 0.25) is 0 Å². The number of para-hydroxylation sites is 1. The molecule has 0 amide bonds. The van der Waals surface area contributed by atoms with Crippen molar-refractivity contribution in [2.75, 3.05) is 4.90 Å². The fourth-order valence-corrected chi connectivity index (χ4v) is 8.81. The molecule has 9 rings (SSSR count). The predicted octanol–water partition coefficient (Wildman–Crippen LogP) is 13.2. The van der Waals surface area contributed by atoms with Crippen LogP contribution in [-0.4, -0.2) is 0 Å². The highest BCUT2D eigenvalue weighted by Crippen LogP contribution is 2.55. The molecule has 1 heterocycles. The van der Waals surface area contributed by atoms with Crippen LogP contribution in [0, 0.1) is 0 Å². The third-order valence-electron chi connectivity index (χ3n) is 9.88. The standard InChI is InChI=1S/C45H33NS/c1-45(2)37-23-9-6-20-35(37)44-38(45)24-14-26-40(44)46(32-18-12-17-31(29-32)30-15-4-3-5-16-30)39-25-10-7-19-33(39)34-22-13-28-42-43(34)36-21-8-11-27-41(36)47-42/h3-29H,1-2H3. The normalized spacial score (nSPS) is 13.1. The van der Waals surface area contributed by atoms with Crippen LogP contribution in [0.25, 0.3) is 53.6 Å². The maximum atomic E-state index is 2.51. The summed E-state index contributed by atoms with van der Waals surface area (Å²) in [7, 11) is 0. The number of rotatable bonds is 5. The van der Waals surface area contributed by atoms with Crippen molar-refractivity contribution in [3.8, 4) is 33.4 Å². The fourth-order valence-electron chi connectivity index (χ4n) is 7.68. The Kier molecular flexibility index (Phi) is 6.41. The number of hydrogen-bond acceptors (Lipinski definition) is 2. The largest absolute Gasteiger partial charge is 0.309 e. The van der Waals surface area contributed by atoms with E-state index in [-0.39, 0.29) is 5.41 Å². The Labute approximate surface area is 280 Å². The van der Waals surface area contributed by atoms with Gasteiger partial charge in [0, 0.05) is 42.4 Å². The van der Waals surface area contributed by atoms with Crippen molar-refractivity contribution in [2.45, 2.75) is 19.3 Å². The van der Waals surface area contributed by atoms with Crippen molar-refractivity contribution in [3.05, 3.63) is 175 Å². The molecule has 0 saturated heterocycles. The lowest BCUT2D eigenvalue weighted by molar-refractivity contribution is 0.660. The van der Waals surface area contributed by atoms with Gasteiger partial charge in [-0.3, -0.25) is 0 Å². The number of nitrogens with zero attached hydrogens (tertiary/aromatic N) is 1. The van der Waals surface area contributed by atoms with E-state index in [2.05, 4.69) is 183 Å². The van der Waals surface area contributed by atoms with Crippen molar-refractivity contribution in [2.24, 2.45) is 0 Å². The van der Waals surface area contributed by atoms with Crippen molar-refractivity contribution in [3.63, 3.8) is 0 Å². The molecule has 2 heteroatoms. The van der Waals surface area contributed by atoms with Gasteiger partial charge in [-0.15, -0.1) is 11.3 Å². The molecule has 0 fully saturated rings. The smallest absolute Gasteiger partial charge is 0.0543 e. The topological polar surface area (TPSA) is 3.24 Å². The minimum Gasteiger partial charge on any atom is -0.309 e. The summed E-state index contributed by atoms with van der Waals surface area (Å²) in [6.07, 6.45) is 0. The molecule has 0 N–H and O–H groups in total. The van der Waals surface area contributed by atoms with E-state index in [1.807, 2.05) is 11.3 Å². The van der Waals surface area contributed by atoms with Gasteiger partial charge in [0.15, 0.2) is 0 Å². The van der Waals surface area contributed by atoms with Crippen LogP contribution in [0.15, 0.2) is 164 Å². The van der Waals surface area contributed by atoms with Gasteiger partial charge in [0.05, 0.1) is 11.4 Å². The Bertz CT molecular complexity index is 2450. The molecule has 1 nitrogen and oxygen atoms in total. The minimum absolute atomic E-state index is 0.0970. The third kappa shape index (κ3) is 4.36. The SMILES string of the molecule is CC1(C)c2ccccc2-c2c(N(c3cccc(-c4ccccc4)c3)c3ccccc3-c3cccc4sc5ccccc5c34)cccc21. The fraction of sp³-hybridized carbons (Fsp3) is 0.0667. The van der Waals surface area contributed by atoms with Gasteiger partial charge in [-0.2, -0.15) is 0 Å². The van der Waals surface area contributed by atoms with E-state index >= 15 is 0 Å². The van der Waals surface area contributed by atoms with Crippen molar-refractivity contribution in [1.82, 2.24) is 0 Å². The van der Waals surface area contributed by atoms with Gasteiger partial charge < -0.3 is 4.90 Å². The van der Waals surface area contributed by atoms with E-state index in [1.165, 1.54) is 70.4 Å². The molecule has 47 heavy (non-hydrogen) atoms. The first-order valence-corrected chi connectivity index (χ1v) is 17.1. The summed E-state index contributed by atoms with van der Waals surface area (Å²) in [5.74, 6) is 0. The number of anilines is 3. The zero-order chi connectivity index (χ0) is 31.5. The zero-order valence-corrected chi connectivity index (χ0v) is 27.3. The van der Waals surface area contributed by atoms with Gasteiger partial charge in [-0.1, -0.05) is 141 Å². The summed E-state index contributed by atoms with van der Waals surface area (Å²) in [5.41, 5.74) is 13.7. The van der Waals surface area contributed by atoms with E-state index in [0.717, 1.165) is 11.4 Å². The van der Waals surface area contributed by atoms with Crippen LogP contribution >= 0.6 is 11.3 Å². The molecule has 1 aromatic heterocycles. The van der Waals surface area contributed by atoms with Crippen molar-refractivity contribution in [1.29, 1.82) is 0 Å². The minimum atomic E-state index is -0.0970. The van der Waals surface area contributed by atoms with E-state index < -0.39 is 0 Å². The van der Waals surface area contributed by atoms with E-state index in [4.69, 9.17) is 0 Å². The lowest BCUT2D eigenvalue weighted by Crippen LogP contribution is -2.16. The molecule has 0 bridgehead atoms. The Balaban J connectivity index is 1.35. The Morgan fingerprint density at radius 1 is 0.468 bits per heavy atom. The Morgan fingerprint density at radius 2 is 1.09 bits per heavy atom. The molecule has 8 aromatic rings. The van der Waals surface area contributed by atoms with Gasteiger partial charge >= 0.3 is 0 Å². The van der Waals surface area contributed by atoms with E-state index in [1.54, 1.807) is 0 Å². The number of benzene rings is 7. The number of fused-ring (bicyclic) bond motifs is 6. The van der Waals surface area contributed by atoms with Gasteiger partial charge in [0.25, 0.3) is 0 Å². The zero-order valence-electron chi connectivity index (χ0n) is 26.4. The predicted molar refractivity (Wildman–Crippen MR) is 202 cm³/mol. The lowest BCUT2D eigenvalue weighted by atomic mass is 9.82. The molecule has 0 unspecified atom stereocenters.